The molecule has 30 heavy (non-hydrogen) atoms. The lowest BCUT2D eigenvalue weighted by atomic mass is 9.48. The summed E-state index contributed by atoms with van der Waals surface area (Å²) >= 11 is 0. The highest BCUT2D eigenvalue weighted by Crippen LogP contribution is 2.62. The lowest BCUT2D eigenvalue weighted by Crippen LogP contribution is -2.61. The monoisotopic (exact) mass is 420 g/mol. The first kappa shape index (κ1) is 22.0. The van der Waals surface area contributed by atoms with Crippen molar-refractivity contribution in [2.75, 3.05) is 19.8 Å². The maximum Gasteiger partial charge on any atom is 0.305 e. The summed E-state index contributed by atoms with van der Waals surface area (Å²) < 4.78 is 18.0. The van der Waals surface area contributed by atoms with Crippen LogP contribution in [0.3, 0.4) is 0 Å². The Hall–Kier alpha value is -1.21. The van der Waals surface area contributed by atoms with Gasteiger partial charge in [-0.2, -0.15) is 0 Å². The van der Waals surface area contributed by atoms with Crippen molar-refractivity contribution >= 4 is 5.97 Å². The molecule has 0 amide bonds. The van der Waals surface area contributed by atoms with Crippen molar-refractivity contribution in [2.45, 2.75) is 76.8 Å². The van der Waals surface area contributed by atoms with Gasteiger partial charge < -0.3 is 24.4 Å². The van der Waals surface area contributed by atoms with Crippen molar-refractivity contribution in [1.82, 2.24) is 0 Å². The number of fused-ring (bicyclic) bond motifs is 3. The second kappa shape index (κ2) is 8.05. The number of carbonyl (C=O) groups excluding carboxylic acids is 1. The number of carbonyl (C=O) groups is 1. The SMILES string of the molecule is C=CCC1(CO)CC(OC(=O)CC)C2C(CC=C3CC4(CCC32C)OCCO4)C1O. The Morgan fingerprint density at radius 2 is 2.10 bits per heavy atom. The number of ether oxygens (including phenoxy) is 3. The molecule has 0 bridgehead atoms. The maximum absolute atomic E-state index is 12.3. The fourth-order valence-electron chi connectivity index (χ4n) is 6.71. The van der Waals surface area contributed by atoms with E-state index in [0.717, 1.165) is 19.3 Å². The first-order valence-corrected chi connectivity index (χ1v) is 11.4. The molecule has 0 radical (unpaired) electrons. The molecule has 0 aromatic carbocycles. The lowest BCUT2D eigenvalue weighted by molar-refractivity contribution is -0.213. The standard InChI is InChI=1S/C24H36O6/c1-4-8-23(15-25)14-18(30-19(26)5-2)20-17(21(23)27)7-6-16-13-24(28-11-12-29-24)10-9-22(16,20)3/h4,6,17-18,20-21,25,27H,1,5,7-15H2,2-3H3. The third kappa shape index (κ3) is 3.36. The van der Waals surface area contributed by atoms with Gasteiger partial charge in [-0.1, -0.05) is 31.6 Å². The van der Waals surface area contributed by atoms with Crippen molar-refractivity contribution in [2.24, 2.45) is 22.7 Å². The van der Waals surface area contributed by atoms with Gasteiger partial charge in [-0.25, -0.2) is 0 Å². The Morgan fingerprint density at radius 3 is 2.73 bits per heavy atom. The molecule has 1 saturated heterocycles. The molecule has 6 unspecified atom stereocenters. The number of aliphatic hydroxyl groups excluding tert-OH is 2. The van der Waals surface area contributed by atoms with Crippen molar-refractivity contribution in [3.05, 3.63) is 24.3 Å². The predicted molar refractivity (Wildman–Crippen MR) is 111 cm³/mol. The summed E-state index contributed by atoms with van der Waals surface area (Å²) in [6.45, 7) is 9.00. The van der Waals surface area contributed by atoms with Gasteiger partial charge in [0.2, 0.25) is 0 Å². The van der Waals surface area contributed by atoms with Gasteiger partial charge in [0.25, 0.3) is 0 Å². The van der Waals surface area contributed by atoms with Crippen molar-refractivity contribution in [1.29, 1.82) is 0 Å². The largest absolute Gasteiger partial charge is 0.462 e. The van der Waals surface area contributed by atoms with Crippen LogP contribution in [0, 0.1) is 22.7 Å². The highest BCUT2D eigenvalue weighted by atomic mass is 16.7. The summed E-state index contributed by atoms with van der Waals surface area (Å²) in [6, 6.07) is 0. The van der Waals surface area contributed by atoms with Crippen LogP contribution in [-0.4, -0.2) is 54.0 Å². The highest BCUT2D eigenvalue weighted by molar-refractivity contribution is 5.69. The van der Waals surface area contributed by atoms with Crippen LogP contribution in [0.4, 0.5) is 0 Å². The van der Waals surface area contributed by atoms with Crippen LogP contribution in [0.1, 0.15) is 58.8 Å². The van der Waals surface area contributed by atoms with E-state index in [9.17, 15) is 15.0 Å². The van der Waals surface area contributed by atoms with E-state index in [1.165, 1.54) is 5.57 Å². The van der Waals surface area contributed by atoms with Crippen molar-refractivity contribution < 1.29 is 29.2 Å². The maximum atomic E-state index is 12.3. The van der Waals surface area contributed by atoms with Gasteiger partial charge in [-0.05, 0) is 37.0 Å². The molecule has 168 valence electrons. The molecule has 4 aliphatic rings. The normalized spacial score (nSPS) is 42.2. The molecule has 1 spiro atoms. The van der Waals surface area contributed by atoms with E-state index in [2.05, 4.69) is 19.6 Å². The summed E-state index contributed by atoms with van der Waals surface area (Å²) in [4.78, 5) is 12.3. The zero-order valence-electron chi connectivity index (χ0n) is 18.3. The van der Waals surface area contributed by atoms with Gasteiger partial charge in [0.1, 0.15) is 6.10 Å². The Balaban J connectivity index is 1.71. The van der Waals surface area contributed by atoms with Gasteiger partial charge in [0.15, 0.2) is 5.79 Å². The lowest BCUT2D eigenvalue weighted by Gasteiger charge is -2.60. The topological polar surface area (TPSA) is 85.2 Å². The van der Waals surface area contributed by atoms with Crippen LogP contribution >= 0.6 is 0 Å². The Bertz CT molecular complexity index is 710. The predicted octanol–water partition coefficient (Wildman–Crippen LogP) is 3.12. The van der Waals surface area contributed by atoms with E-state index in [1.54, 1.807) is 13.0 Å². The van der Waals surface area contributed by atoms with Crippen LogP contribution in [-0.2, 0) is 19.0 Å². The highest BCUT2D eigenvalue weighted by Gasteiger charge is 2.62. The average Bonchev–Trinajstić information content (AvgIpc) is 3.19. The molecule has 3 aliphatic carbocycles. The first-order valence-electron chi connectivity index (χ1n) is 11.4. The number of hydrogen-bond donors (Lipinski definition) is 2. The molecule has 1 heterocycles. The summed E-state index contributed by atoms with van der Waals surface area (Å²) in [5.74, 6) is -0.811. The average molecular weight is 421 g/mol. The molecule has 6 nitrogen and oxygen atoms in total. The number of aliphatic hydroxyl groups is 2. The molecule has 4 rings (SSSR count). The van der Waals surface area contributed by atoms with Gasteiger partial charge in [-0.3, -0.25) is 4.79 Å². The van der Waals surface area contributed by atoms with Crippen molar-refractivity contribution in [3.63, 3.8) is 0 Å². The van der Waals surface area contributed by atoms with Crippen LogP contribution in [0.5, 0.6) is 0 Å². The molecule has 2 saturated carbocycles. The molecule has 2 N–H and O–H groups in total. The first-order chi connectivity index (χ1) is 14.3. The van der Waals surface area contributed by atoms with E-state index >= 15 is 0 Å². The molecular weight excluding hydrogens is 384 g/mol. The van der Waals surface area contributed by atoms with E-state index in [0.29, 0.717) is 38.9 Å². The minimum atomic E-state index is -0.725. The van der Waals surface area contributed by atoms with Gasteiger partial charge in [-0.15, -0.1) is 6.58 Å². The van der Waals surface area contributed by atoms with E-state index < -0.39 is 17.3 Å². The van der Waals surface area contributed by atoms with Crippen LogP contribution in [0.25, 0.3) is 0 Å². The molecule has 0 aromatic rings. The van der Waals surface area contributed by atoms with Crippen LogP contribution in [0.2, 0.25) is 0 Å². The minimum absolute atomic E-state index is 0.00578. The smallest absolute Gasteiger partial charge is 0.305 e. The minimum Gasteiger partial charge on any atom is -0.462 e. The van der Waals surface area contributed by atoms with Gasteiger partial charge in [0, 0.05) is 30.6 Å². The Kier molecular flexibility index (Phi) is 5.90. The summed E-state index contributed by atoms with van der Waals surface area (Å²) in [6.07, 6.45) is 7.33. The molecule has 3 fully saturated rings. The van der Waals surface area contributed by atoms with Crippen LogP contribution in [0.15, 0.2) is 24.3 Å². The number of esters is 1. The molecule has 6 heteroatoms. The van der Waals surface area contributed by atoms with Crippen molar-refractivity contribution in [3.8, 4) is 0 Å². The summed E-state index contributed by atoms with van der Waals surface area (Å²) in [5.41, 5.74) is 0.373. The second-order valence-corrected chi connectivity index (χ2v) is 9.90. The number of hydrogen-bond acceptors (Lipinski definition) is 6. The summed E-state index contributed by atoms with van der Waals surface area (Å²) in [7, 11) is 0. The second-order valence-electron chi connectivity index (χ2n) is 9.90. The third-order valence-electron chi connectivity index (χ3n) is 8.34. The number of allylic oxidation sites excluding steroid dienone is 2. The molecule has 0 aromatic heterocycles. The quantitative estimate of drug-likeness (QED) is 0.525. The van der Waals surface area contributed by atoms with E-state index in [-0.39, 0.29) is 35.9 Å². The molecule has 1 aliphatic heterocycles. The van der Waals surface area contributed by atoms with Crippen LogP contribution < -0.4 is 0 Å². The fourth-order valence-corrected chi connectivity index (χ4v) is 6.71. The zero-order valence-corrected chi connectivity index (χ0v) is 18.3. The third-order valence-corrected chi connectivity index (χ3v) is 8.34. The molecular formula is C24H36O6. The Labute approximate surface area is 179 Å². The van der Waals surface area contributed by atoms with Gasteiger partial charge in [0.05, 0.1) is 25.9 Å². The summed E-state index contributed by atoms with van der Waals surface area (Å²) in [5, 5.41) is 21.7. The van der Waals surface area contributed by atoms with Gasteiger partial charge >= 0.3 is 5.97 Å². The van der Waals surface area contributed by atoms with E-state index in [4.69, 9.17) is 14.2 Å². The molecule has 6 atom stereocenters. The fraction of sp³-hybridized carbons (Fsp3) is 0.792. The number of rotatable bonds is 5. The zero-order chi connectivity index (χ0) is 21.6. The Morgan fingerprint density at radius 1 is 1.37 bits per heavy atom. The van der Waals surface area contributed by atoms with E-state index in [1.807, 2.05) is 0 Å².